The summed E-state index contributed by atoms with van der Waals surface area (Å²) in [6.07, 6.45) is 5.55. The number of carbonyl (C=O) groups is 1. The van der Waals surface area contributed by atoms with E-state index in [2.05, 4.69) is 3.63 Å². The van der Waals surface area contributed by atoms with E-state index >= 15 is 0 Å². The molecular formula is C13H22F3O4S2+. The lowest BCUT2D eigenvalue weighted by Gasteiger charge is -2.20. The van der Waals surface area contributed by atoms with Gasteiger partial charge < -0.3 is 0 Å². The molecule has 1 fully saturated rings. The van der Waals surface area contributed by atoms with Gasteiger partial charge in [-0.05, 0) is 22.9 Å². The van der Waals surface area contributed by atoms with Crippen LogP contribution in [0.3, 0.4) is 0 Å². The molecule has 1 unspecified atom stereocenters. The van der Waals surface area contributed by atoms with Gasteiger partial charge in [0.2, 0.25) is 5.75 Å². The average molecular weight is 363 g/mol. The summed E-state index contributed by atoms with van der Waals surface area (Å²) in [7, 11) is -5.65. The Balaban J connectivity index is 2.74. The van der Waals surface area contributed by atoms with Crippen LogP contribution in [0.4, 0.5) is 13.2 Å². The second-order valence-electron chi connectivity index (χ2n) is 5.51. The van der Waals surface area contributed by atoms with Crippen LogP contribution >= 0.6 is 0 Å². The highest BCUT2D eigenvalue weighted by Gasteiger charge is 2.53. The summed E-state index contributed by atoms with van der Waals surface area (Å²) < 4.78 is 64.2. The highest BCUT2D eigenvalue weighted by atomic mass is 32.3. The Kier molecular flexibility index (Phi) is 7.67. The summed E-state index contributed by atoms with van der Waals surface area (Å²) in [5.41, 5.74) is -5.45. The maximum Gasteiger partial charge on any atom is 0.527 e. The zero-order valence-corrected chi connectivity index (χ0v) is 14.2. The number of rotatable bonds is 8. The molecule has 1 rings (SSSR count). The van der Waals surface area contributed by atoms with Gasteiger partial charge in [-0.2, -0.15) is 21.6 Å². The summed E-state index contributed by atoms with van der Waals surface area (Å²) in [4.78, 5) is 11.7. The molecule has 1 aliphatic carbocycles. The van der Waals surface area contributed by atoms with Crippen molar-refractivity contribution in [3.63, 3.8) is 0 Å². The Labute approximate surface area is 132 Å². The number of alkyl halides is 3. The molecule has 0 N–H and O–H groups in total. The van der Waals surface area contributed by atoms with E-state index in [0.717, 1.165) is 32.1 Å². The Bertz CT molecular complexity index is 456. The molecule has 0 bridgehead atoms. The first kappa shape index (κ1) is 19.8. The lowest BCUT2D eigenvalue weighted by molar-refractivity contribution is -0.116. The lowest BCUT2D eigenvalue weighted by atomic mass is 9.91. The van der Waals surface area contributed by atoms with E-state index < -0.39 is 26.8 Å². The molecule has 9 heteroatoms. The first-order valence-electron chi connectivity index (χ1n) is 7.36. The summed E-state index contributed by atoms with van der Waals surface area (Å²) in [6.45, 7) is 1.78. The third-order valence-electron chi connectivity index (χ3n) is 3.47. The molecule has 0 aromatic rings. The van der Waals surface area contributed by atoms with Gasteiger partial charge in [0.05, 0.1) is 0 Å². The van der Waals surface area contributed by atoms with Crippen molar-refractivity contribution in [3.05, 3.63) is 0 Å². The Morgan fingerprint density at radius 2 is 1.82 bits per heavy atom. The number of Topliss-reactive ketones (excluding diaryl/α,β-unsaturated/α-hetero) is 1. The fourth-order valence-corrected chi connectivity index (χ4v) is 5.64. The van der Waals surface area contributed by atoms with E-state index in [4.69, 9.17) is 0 Å². The number of carbonyl (C=O) groups excluding carboxylic acids is 1. The van der Waals surface area contributed by atoms with Crippen LogP contribution in [-0.2, 0) is 29.7 Å². The third kappa shape index (κ3) is 6.45. The van der Waals surface area contributed by atoms with Crippen LogP contribution in [0.1, 0.15) is 51.9 Å². The van der Waals surface area contributed by atoms with Crippen LogP contribution in [0.2, 0.25) is 0 Å². The normalized spacial score (nSPS) is 19.1. The standard InChI is InChI=1S/C13H22F3O4S2/c1-2-6-12(17)10-21(9-11-7-4-3-5-8-11)20-22(18,19)13(14,15)16/h11H,2-10H2,1H3/q+1. The van der Waals surface area contributed by atoms with Gasteiger partial charge in [-0.15, -0.1) is 0 Å². The van der Waals surface area contributed by atoms with E-state index in [9.17, 15) is 26.4 Å². The van der Waals surface area contributed by atoms with Crippen molar-refractivity contribution in [2.24, 2.45) is 5.92 Å². The second kappa shape index (κ2) is 8.54. The van der Waals surface area contributed by atoms with E-state index in [1.807, 2.05) is 0 Å². The maximum absolute atomic E-state index is 12.5. The van der Waals surface area contributed by atoms with E-state index in [-0.39, 0.29) is 29.6 Å². The van der Waals surface area contributed by atoms with Crippen molar-refractivity contribution in [1.29, 1.82) is 0 Å². The van der Waals surface area contributed by atoms with Gasteiger partial charge in [0.1, 0.15) is 5.75 Å². The van der Waals surface area contributed by atoms with Crippen LogP contribution in [0.5, 0.6) is 0 Å². The molecule has 1 aliphatic rings. The number of hydrogen-bond donors (Lipinski definition) is 0. The SMILES string of the molecule is CCCC(=O)C[S+](CC1CCCCC1)OS(=O)(=O)C(F)(F)F. The van der Waals surface area contributed by atoms with Gasteiger partial charge in [0.15, 0.2) is 17.0 Å². The predicted octanol–water partition coefficient (Wildman–Crippen LogP) is 3.34. The fraction of sp³-hybridized carbons (Fsp3) is 0.923. The van der Waals surface area contributed by atoms with E-state index in [1.54, 1.807) is 6.92 Å². The average Bonchev–Trinajstić information content (AvgIpc) is 2.38. The molecule has 22 heavy (non-hydrogen) atoms. The van der Waals surface area contributed by atoms with Gasteiger partial charge in [0, 0.05) is 12.3 Å². The highest BCUT2D eigenvalue weighted by molar-refractivity contribution is 8.03. The largest absolute Gasteiger partial charge is 0.527 e. The van der Waals surface area contributed by atoms with Crippen LogP contribution in [0.25, 0.3) is 0 Å². The highest BCUT2D eigenvalue weighted by Crippen LogP contribution is 2.30. The monoisotopic (exact) mass is 363 g/mol. The quantitative estimate of drug-likeness (QED) is 0.490. The Hall–Kier alpha value is -0.280. The van der Waals surface area contributed by atoms with Crippen molar-refractivity contribution in [2.45, 2.75) is 57.4 Å². The molecule has 0 aliphatic heterocycles. The van der Waals surface area contributed by atoms with Gasteiger partial charge in [-0.3, -0.25) is 4.79 Å². The molecule has 0 amide bonds. The smallest absolute Gasteiger partial charge is 0.294 e. The van der Waals surface area contributed by atoms with Crippen LogP contribution < -0.4 is 0 Å². The predicted molar refractivity (Wildman–Crippen MR) is 79.6 cm³/mol. The number of halogens is 3. The molecule has 1 atom stereocenters. The molecule has 4 nitrogen and oxygen atoms in total. The molecule has 0 saturated heterocycles. The van der Waals surface area contributed by atoms with Crippen molar-refractivity contribution in [2.75, 3.05) is 11.5 Å². The molecule has 0 spiro atoms. The summed E-state index contributed by atoms with van der Waals surface area (Å²) in [5.74, 6) is -0.154. The number of ketones is 1. The zero-order valence-electron chi connectivity index (χ0n) is 12.5. The fourth-order valence-electron chi connectivity index (χ4n) is 2.42. The van der Waals surface area contributed by atoms with Crippen molar-refractivity contribution in [3.8, 4) is 0 Å². The molecule has 1 saturated carbocycles. The minimum absolute atomic E-state index is 0.134. The summed E-state index contributed by atoms with van der Waals surface area (Å²) in [6, 6.07) is 0. The molecule has 0 aromatic carbocycles. The van der Waals surface area contributed by atoms with Crippen LogP contribution in [0, 0.1) is 5.92 Å². The zero-order chi connectivity index (χ0) is 16.8. The van der Waals surface area contributed by atoms with Crippen LogP contribution in [-0.4, -0.2) is 31.2 Å². The Morgan fingerprint density at radius 1 is 1.23 bits per heavy atom. The number of hydrogen-bond acceptors (Lipinski definition) is 4. The summed E-state index contributed by atoms with van der Waals surface area (Å²) in [5, 5.41) is 0. The van der Waals surface area contributed by atoms with Crippen molar-refractivity contribution < 1.29 is 30.0 Å². The van der Waals surface area contributed by atoms with E-state index in [1.165, 1.54) is 0 Å². The molecule has 130 valence electrons. The molecule has 0 radical (unpaired) electrons. The first-order chi connectivity index (χ1) is 10.2. The van der Waals surface area contributed by atoms with Gasteiger partial charge >= 0.3 is 15.6 Å². The van der Waals surface area contributed by atoms with Gasteiger partial charge in [0.25, 0.3) is 0 Å². The van der Waals surface area contributed by atoms with Crippen molar-refractivity contribution >= 4 is 27.1 Å². The van der Waals surface area contributed by atoms with Gasteiger partial charge in [-0.1, -0.05) is 26.2 Å². The minimum Gasteiger partial charge on any atom is -0.294 e. The topological polar surface area (TPSA) is 60.4 Å². The van der Waals surface area contributed by atoms with Crippen molar-refractivity contribution in [1.82, 2.24) is 0 Å². The maximum atomic E-state index is 12.5. The third-order valence-corrected chi connectivity index (χ3v) is 7.01. The first-order valence-corrected chi connectivity index (χ1v) is 10.3. The molecule has 0 heterocycles. The van der Waals surface area contributed by atoms with Crippen LogP contribution in [0.15, 0.2) is 0 Å². The van der Waals surface area contributed by atoms with E-state index in [0.29, 0.717) is 6.42 Å². The lowest BCUT2D eigenvalue weighted by Crippen LogP contribution is -2.34. The minimum atomic E-state index is -5.65. The summed E-state index contributed by atoms with van der Waals surface area (Å²) >= 11 is -1.53. The molecule has 0 aromatic heterocycles. The van der Waals surface area contributed by atoms with Gasteiger partial charge in [-0.25, -0.2) is 0 Å². The second-order valence-corrected chi connectivity index (χ2v) is 8.93. The molecular weight excluding hydrogens is 341 g/mol. The Morgan fingerprint density at radius 3 is 2.32 bits per heavy atom.